The van der Waals surface area contributed by atoms with Crippen molar-refractivity contribution >= 4 is 35.2 Å². The molecule has 0 saturated carbocycles. The second kappa shape index (κ2) is 11.4. The third-order valence-electron chi connectivity index (χ3n) is 4.39. The maximum absolute atomic E-state index is 12.1. The topological polar surface area (TPSA) is 79.5 Å². The van der Waals surface area contributed by atoms with Crippen LogP contribution in [0.5, 0.6) is 5.75 Å². The van der Waals surface area contributed by atoms with Crippen LogP contribution in [0.1, 0.15) is 11.1 Å². The van der Waals surface area contributed by atoms with E-state index in [0.29, 0.717) is 5.75 Å². The van der Waals surface area contributed by atoms with Crippen molar-refractivity contribution in [3.05, 3.63) is 96.1 Å². The molecule has 0 unspecified atom stereocenters. The number of ether oxygens (including phenoxy) is 1. The number of nitrogens with one attached hydrogen (secondary N) is 3. The van der Waals surface area contributed by atoms with Crippen LogP contribution in [0.3, 0.4) is 0 Å². The van der Waals surface area contributed by atoms with Gasteiger partial charge in [-0.25, -0.2) is 0 Å². The van der Waals surface area contributed by atoms with Gasteiger partial charge in [-0.05, 0) is 42.4 Å². The first-order valence-electron chi connectivity index (χ1n) is 9.93. The summed E-state index contributed by atoms with van der Waals surface area (Å²) in [6, 6.07) is 25.0. The summed E-state index contributed by atoms with van der Waals surface area (Å²) in [6.07, 6.45) is 3.04. The molecule has 0 spiro atoms. The molecular weight excluding hydrogens is 422 g/mol. The fourth-order valence-corrected chi connectivity index (χ4v) is 2.94. The van der Waals surface area contributed by atoms with Crippen molar-refractivity contribution in [3.63, 3.8) is 0 Å². The van der Waals surface area contributed by atoms with Crippen molar-refractivity contribution in [3.8, 4) is 16.9 Å². The summed E-state index contributed by atoms with van der Waals surface area (Å²) in [7, 11) is 0. The molecular formula is C25H23N3O3S. The molecule has 0 heterocycles. The van der Waals surface area contributed by atoms with Crippen LogP contribution in [0.15, 0.2) is 84.9 Å². The molecule has 0 bridgehead atoms. The van der Waals surface area contributed by atoms with E-state index in [2.05, 4.69) is 16.2 Å². The lowest BCUT2D eigenvalue weighted by Crippen LogP contribution is -2.49. The van der Waals surface area contributed by atoms with Crippen molar-refractivity contribution in [2.24, 2.45) is 0 Å². The first-order chi connectivity index (χ1) is 15.5. The molecule has 3 aromatic rings. The van der Waals surface area contributed by atoms with E-state index in [1.807, 2.05) is 79.7 Å². The number of thiocarbonyl (C=S) groups is 1. The van der Waals surface area contributed by atoms with Crippen molar-refractivity contribution in [1.82, 2.24) is 16.2 Å². The van der Waals surface area contributed by atoms with E-state index in [4.69, 9.17) is 17.0 Å². The fraction of sp³-hybridized carbons (Fsp3) is 0.0800. The Morgan fingerprint density at radius 2 is 1.59 bits per heavy atom. The number of carbonyl (C=O) groups excluding carboxylic acids is 2. The van der Waals surface area contributed by atoms with Gasteiger partial charge in [0.05, 0.1) is 0 Å². The van der Waals surface area contributed by atoms with Crippen LogP contribution in [-0.2, 0) is 9.59 Å². The smallest absolute Gasteiger partial charge is 0.276 e. The Balaban J connectivity index is 1.44. The summed E-state index contributed by atoms with van der Waals surface area (Å²) in [5.74, 6) is -0.268. The number of hydrogen-bond acceptors (Lipinski definition) is 4. The van der Waals surface area contributed by atoms with Gasteiger partial charge in [0.1, 0.15) is 5.75 Å². The summed E-state index contributed by atoms with van der Waals surface area (Å²) in [5, 5.41) is 2.43. The van der Waals surface area contributed by atoms with Gasteiger partial charge in [-0.2, -0.15) is 0 Å². The molecule has 3 rings (SSSR count). The Hall–Kier alpha value is -3.97. The largest absolute Gasteiger partial charge is 0.483 e. The average Bonchev–Trinajstić information content (AvgIpc) is 2.82. The summed E-state index contributed by atoms with van der Waals surface area (Å²) in [6.45, 7) is 1.77. The van der Waals surface area contributed by atoms with Gasteiger partial charge >= 0.3 is 0 Å². The van der Waals surface area contributed by atoms with Crippen LogP contribution >= 0.6 is 12.2 Å². The average molecular weight is 446 g/mol. The van der Waals surface area contributed by atoms with Crippen LogP contribution in [0.2, 0.25) is 0 Å². The van der Waals surface area contributed by atoms with Crippen molar-refractivity contribution in [2.75, 3.05) is 6.61 Å². The zero-order valence-corrected chi connectivity index (χ0v) is 18.3. The number of para-hydroxylation sites is 1. The molecule has 0 fully saturated rings. The van der Waals surface area contributed by atoms with Gasteiger partial charge in [-0.1, -0.05) is 78.4 Å². The highest BCUT2D eigenvalue weighted by atomic mass is 32.1. The third-order valence-corrected chi connectivity index (χ3v) is 4.59. The molecule has 6 nitrogen and oxygen atoms in total. The molecule has 32 heavy (non-hydrogen) atoms. The van der Waals surface area contributed by atoms with E-state index < -0.39 is 11.8 Å². The molecule has 3 aromatic carbocycles. The monoisotopic (exact) mass is 445 g/mol. The number of rotatable bonds is 6. The predicted octanol–water partition coefficient (Wildman–Crippen LogP) is 3.78. The van der Waals surface area contributed by atoms with E-state index >= 15 is 0 Å². The molecule has 0 aliphatic carbocycles. The highest BCUT2D eigenvalue weighted by Crippen LogP contribution is 2.29. The molecule has 0 atom stereocenters. The van der Waals surface area contributed by atoms with Gasteiger partial charge in [0.15, 0.2) is 11.7 Å². The van der Waals surface area contributed by atoms with Crippen LogP contribution < -0.4 is 20.9 Å². The number of amides is 2. The van der Waals surface area contributed by atoms with Gasteiger partial charge in [-0.3, -0.25) is 25.8 Å². The first kappa shape index (κ1) is 22.7. The Bertz CT molecular complexity index is 1110. The fourth-order valence-electron chi connectivity index (χ4n) is 2.79. The molecule has 7 heteroatoms. The highest BCUT2D eigenvalue weighted by Gasteiger charge is 2.09. The minimum atomic E-state index is -0.445. The standard InChI is InChI=1S/C25H23N3O3S/c1-18-11-13-19(14-12-18)15-16-23(29)26-25(32)28-27-24(30)17-31-22-10-6-5-9-21(22)20-7-3-2-4-8-20/h2-16H,17H2,1H3,(H,27,30)(H2,26,28,29,32). The highest BCUT2D eigenvalue weighted by molar-refractivity contribution is 7.80. The number of hydrogen-bond donors (Lipinski definition) is 3. The number of benzene rings is 3. The van der Waals surface area contributed by atoms with Crippen LogP contribution in [0.25, 0.3) is 17.2 Å². The van der Waals surface area contributed by atoms with Crippen molar-refractivity contribution in [1.29, 1.82) is 0 Å². The lowest BCUT2D eigenvalue weighted by atomic mass is 10.1. The summed E-state index contributed by atoms with van der Waals surface area (Å²) in [4.78, 5) is 24.1. The zero-order valence-electron chi connectivity index (χ0n) is 17.5. The van der Waals surface area contributed by atoms with Gasteiger partial charge in [0.25, 0.3) is 5.91 Å². The van der Waals surface area contributed by atoms with E-state index in [9.17, 15) is 9.59 Å². The molecule has 0 saturated heterocycles. The van der Waals surface area contributed by atoms with E-state index in [0.717, 1.165) is 22.3 Å². The summed E-state index contributed by atoms with van der Waals surface area (Å²) < 4.78 is 5.67. The van der Waals surface area contributed by atoms with Crippen molar-refractivity contribution < 1.29 is 14.3 Å². The molecule has 3 N–H and O–H groups in total. The van der Waals surface area contributed by atoms with E-state index in [-0.39, 0.29) is 11.7 Å². The van der Waals surface area contributed by atoms with Gasteiger partial charge in [0.2, 0.25) is 5.91 Å². The summed E-state index contributed by atoms with van der Waals surface area (Å²) >= 11 is 5.03. The molecule has 0 radical (unpaired) electrons. The normalized spacial score (nSPS) is 10.4. The second-order valence-corrected chi connectivity index (χ2v) is 7.29. The first-order valence-corrected chi connectivity index (χ1v) is 10.3. The molecule has 0 aliphatic rings. The Morgan fingerprint density at radius 1 is 0.906 bits per heavy atom. The maximum Gasteiger partial charge on any atom is 0.276 e. The third kappa shape index (κ3) is 7.07. The minimum absolute atomic E-state index is 0.0263. The van der Waals surface area contributed by atoms with Gasteiger partial charge in [-0.15, -0.1) is 0 Å². The predicted molar refractivity (Wildman–Crippen MR) is 130 cm³/mol. The number of hydrazine groups is 1. The summed E-state index contributed by atoms with van der Waals surface area (Å²) in [5.41, 5.74) is 8.80. The quantitative estimate of drug-likeness (QED) is 0.306. The van der Waals surface area contributed by atoms with Crippen LogP contribution in [-0.4, -0.2) is 23.5 Å². The van der Waals surface area contributed by atoms with Gasteiger partial charge in [0, 0.05) is 11.6 Å². The minimum Gasteiger partial charge on any atom is -0.483 e. The Labute approximate surface area is 192 Å². The molecule has 0 aromatic heterocycles. The van der Waals surface area contributed by atoms with Crippen LogP contribution in [0, 0.1) is 6.92 Å². The Kier molecular flexibility index (Phi) is 8.11. The second-order valence-electron chi connectivity index (χ2n) is 6.89. The van der Waals surface area contributed by atoms with E-state index in [1.165, 1.54) is 6.08 Å². The number of carbonyl (C=O) groups is 2. The van der Waals surface area contributed by atoms with Crippen LogP contribution in [0.4, 0.5) is 0 Å². The number of aryl methyl sites for hydroxylation is 1. The van der Waals surface area contributed by atoms with Crippen molar-refractivity contribution in [2.45, 2.75) is 6.92 Å². The van der Waals surface area contributed by atoms with E-state index in [1.54, 1.807) is 12.1 Å². The molecule has 0 aliphatic heterocycles. The zero-order chi connectivity index (χ0) is 22.8. The molecule has 2 amide bonds. The molecule has 162 valence electrons. The maximum atomic E-state index is 12.1. The van der Waals surface area contributed by atoms with Gasteiger partial charge < -0.3 is 4.74 Å². The lowest BCUT2D eigenvalue weighted by Gasteiger charge is -2.13. The lowest BCUT2D eigenvalue weighted by molar-refractivity contribution is -0.123. The Morgan fingerprint density at radius 3 is 2.34 bits per heavy atom. The SMILES string of the molecule is Cc1ccc(C=CC(=O)NC(=S)NNC(=O)COc2ccccc2-c2ccccc2)cc1.